The van der Waals surface area contributed by atoms with Crippen LogP contribution in [0.2, 0.25) is 5.02 Å². The first-order chi connectivity index (χ1) is 11.9. The molecule has 1 heterocycles. The van der Waals surface area contributed by atoms with E-state index in [0.717, 1.165) is 25.3 Å². The molecule has 1 saturated carbocycles. The number of hydrogen-bond donors (Lipinski definition) is 2. The van der Waals surface area contributed by atoms with Crippen LogP contribution in [-0.2, 0) is 4.79 Å². The molecule has 25 heavy (non-hydrogen) atoms. The van der Waals surface area contributed by atoms with E-state index in [1.54, 1.807) is 6.92 Å². The number of halogens is 3. The molecule has 2 fully saturated rings. The van der Waals surface area contributed by atoms with Gasteiger partial charge in [-0.1, -0.05) is 24.1 Å². The summed E-state index contributed by atoms with van der Waals surface area (Å²) in [6.07, 6.45) is 2.68. The largest absolute Gasteiger partial charge is 0.353 e. The molecule has 3 amide bonds. The summed E-state index contributed by atoms with van der Waals surface area (Å²) < 4.78 is 27.9. The van der Waals surface area contributed by atoms with E-state index in [-0.39, 0.29) is 17.4 Å². The molecule has 8 heteroatoms. The van der Waals surface area contributed by atoms with Gasteiger partial charge in [0, 0.05) is 18.7 Å². The fourth-order valence-electron chi connectivity index (χ4n) is 3.28. The van der Waals surface area contributed by atoms with Crippen molar-refractivity contribution >= 4 is 23.5 Å². The third-order valence-electron chi connectivity index (χ3n) is 5.06. The van der Waals surface area contributed by atoms with Gasteiger partial charge in [-0.15, -0.1) is 0 Å². The number of benzene rings is 1. The number of nitrogens with zero attached hydrogens (tertiary/aromatic N) is 1. The van der Waals surface area contributed by atoms with Crippen LogP contribution < -0.4 is 10.6 Å². The standard InChI is InChI=1S/C17H20ClF2N3O2/c1-9-16(24)21-7-8-23(9)17(25)22-15(10-3-2-4-10)11-5-6-12(19)13(18)14(11)20/h5-6,9-10,15H,2-4,7-8H2,1H3,(H,21,24)(H,22,25)/t9-,15?/m1/s1. The Hall–Kier alpha value is -1.89. The smallest absolute Gasteiger partial charge is 0.318 e. The van der Waals surface area contributed by atoms with Crippen LogP contribution in [0.1, 0.15) is 37.8 Å². The molecule has 0 radical (unpaired) electrons. The van der Waals surface area contributed by atoms with Crippen LogP contribution in [0.15, 0.2) is 12.1 Å². The zero-order chi connectivity index (χ0) is 18.1. The van der Waals surface area contributed by atoms with Gasteiger partial charge in [0.05, 0.1) is 6.04 Å². The van der Waals surface area contributed by atoms with Crippen molar-refractivity contribution < 1.29 is 18.4 Å². The molecule has 1 aliphatic heterocycles. The molecule has 3 rings (SSSR count). The van der Waals surface area contributed by atoms with E-state index in [1.165, 1.54) is 11.0 Å². The highest BCUT2D eigenvalue weighted by Crippen LogP contribution is 2.40. The van der Waals surface area contributed by atoms with Crippen molar-refractivity contribution in [3.8, 4) is 0 Å². The van der Waals surface area contributed by atoms with Gasteiger partial charge in [0.15, 0.2) is 0 Å². The number of piperazine rings is 1. The normalized spacial score (nSPS) is 22.2. The molecule has 136 valence electrons. The van der Waals surface area contributed by atoms with Crippen molar-refractivity contribution in [2.45, 2.75) is 38.3 Å². The first-order valence-corrected chi connectivity index (χ1v) is 8.76. The molecule has 0 aromatic heterocycles. The minimum Gasteiger partial charge on any atom is -0.353 e. The Morgan fingerprint density at radius 1 is 1.40 bits per heavy atom. The SMILES string of the molecule is C[C@@H]1C(=O)NCCN1C(=O)NC(c1ccc(F)c(Cl)c1F)C1CCC1. The Bertz CT molecular complexity index is 697. The number of carbonyl (C=O) groups excluding carboxylic acids is 2. The fourth-order valence-corrected chi connectivity index (χ4v) is 3.45. The van der Waals surface area contributed by atoms with Gasteiger partial charge >= 0.3 is 6.03 Å². The van der Waals surface area contributed by atoms with Gasteiger partial charge in [-0.3, -0.25) is 4.79 Å². The Balaban J connectivity index is 1.84. The van der Waals surface area contributed by atoms with Crippen LogP contribution in [0.25, 0.3) is 0 Å². The van der Waals surface area contributed by atoms with Crippen molar-refractivity contribution in [1.29, 1.82) is 0 Å². The minimum atomic E-state index is -0.844. The summed E-state index contributed by atoms with van der Waals surface area (Å²) in [6.45, 7) is 2.39. The van der Waals surface area contributed by atoms with E-state index in [4.69, 9.17) is 11.6 Å². The highest BCUT2D eigenvalue weighted by molar-refractivity contribution is 6.31. The quantitative estimate of drug-likeness (QED) is 0.802. The van der Waals surface area contributed by atoms with Crippen LogP contribution in [0.4, 0.5) is 13.6 Å². The number of rotatable bonds is 3. The van der Waals surface area contributed by atoms with Gasteiger partial charge in [-0.25, -0.2) is 13.6 Å². The van der Waals surface area contributed by atoms with Crippen molar-refractivity contribution in [3.05, 3.63) is 34.4 Å². The Morgan fingerprint density at radius 2 is 2.12 bits per heavy atom. The third kappa shape index (κ3) is 3.42. The molecule has 5 nitrogen and oxygen atoms in total. The number of urea groups is 1. The number of amides is 3. The highest BCUT2D eigenvalue weighted by Gasteiger charge is 2.36. The molecule has 2 atom stereocenters. The molecular formula is C17H20ClF2N3O2. The third-order valence-corrected chi connectivity index (χ3v) is 5.41. The first-order valence-electron chi connectivity index (χ1n) is 8.38. The van der Waals surface area contributed by atoms with Gasteiger partial charge in [0.1, 0.15) is 22.7 Å². The van der Waals surface area contributed by atoms with Gasteiger partial charge in [-0.2, -0.15) is 0 Å². The lowest BCUT2D eigenvalue weighted by Crippen LogP contribution is -2.59. The molecule has 1 aliphatic carbocycles. The van der Waals surface area contributed by atoms with Crippen molar-refractivity contribution in [1.82, 2.24) is 15.5 Å². The summed E-state index contributed by atoms with van der Waals surface area (Å²) in [5.74, 6) is -1.84. The predicted octanol–water partition coefficient (Wildman–Crippen LogP) is 2.99. The summed E-state index contributed by atoms with van der Waals surface area (Å²) >= 11 is 5.69. The summed E-state index contributed by atoms with van der Waals surface area (Å²) in [5, 5.41) is 4.95. The van der Waals surface area contributed by atoms with Crippen LogP contribution >= 0.6 is 11.6 Å². The number of carbonyl (C=O) groups is 2. The molecule has 2 aliphatic rings. The monoisotopic (exact) mass is 371 g/mol. The lowest BCUT2D eigenvalue weighted by molar-refractivity contribution is -0.126. The molecule has 1 aromatic carbocycles. The Labute approximate surface area is 149 Å². The summed E-state index contributed by atoms with van der Waals surface area (Å²) in [7, 11) is 0. The number of hydrogen-bond acceptors (Lipinski definition) is 2. The van der Waals surface area contributed by atoms with E-state index in [0.29, 0.717) is 13.1 Å². The zero-order valence-corrected chi connectivity index (χ0v) is 14.6. The molecule has 2 N–H and O–H groups in total. The van der Waals surface area contributed by atoms with E-state index in [1.807, 2.05) is 0 Å². The second kappa shape index (κ2) is 7.15. The van der Waals surface area contributed by atoms with Crippen molar-refractivity contribution in [3.63, 3.8) is 0 Å². The Morgan fingerprint density at radius 3 is 2.76 bits per heavy atom. The van der Waals surface area contributed by atoms with E-state index in [9.17, 15) is 18.4 Å². The molecule has 1 aromatic rings. The summed E-state index contributed by atoms with van der Waals surface area (Å²) in [5.41, 5.74) is 0.179. The second-order valence-electron chi connectivity index (χ2n) is 6.54. The highest BCUT2D eigenvalue weighted by atomic mass is 35.5. The molecule has 0 bridgehead atoms. The zero-order valence-electron chi connectivity index (χ0n) is 13.8. The summed E-state index contributed by atoms with van der Waals surface area (Å²) in [4.78, 5) is 25.8. The maximum Gasteiger partial charge on any atom is 0.318 e. The van der Waals surface area contributed by atoms with Gasteiger partial charge < -0.3 is 15.5 Å². The average Bonchev–Trinajstić information content (AvgIpc) is 2.53. The van der Waals surface area contributed by atoms with Crippen molar-refractivity contribution in [2.75, 3.05) is 13.1 Å². The minimum absolute atomic E-state index is 0.0638. The first kappa shape index (κ1) is 17.9. The van der Waals surface area contributed by atoms with Gasteiger partial charge in [0.2, 0.25) is 5.91 Å². The lowest BCUT2D eigenvalue weighted by Gasteiger charge is -2.38. The van der Waals surface area contributed by atoms with E-state index < -0.39 is 34.8 Å². The maximum atomic E-state index is 14.5. The summed E-state index contributed by atoms with van der Waals surface area (Å²) in [6, 6.07) is 0.801. The number of nitrogens with one attached hydrogen (secondary N) is 2. The fraction of sp³-hybridized carbons (Fsp3) is 0.529. The predicted molar refractivity (Wildman–Crippen MR) is 89.2 cm³/mol. The van der Waals surface area contributed by atoms with Crippen LogP contribution in [0.5, 0.6) is 0 Å². The van der Waals surface area contributed by atoms with E-state index >= 15 is 0 Å². The lowest BCUT2D eigenvalue weighted by atomic mass is 9.77. The van der Waals surface area contributed by atoms with Gasteiger partial charge in [-0.05, 0) is 31.7 Å². The van der Waals surface area contributed by atoms with E-state index in [2.05, 4.69) is 10.6 Å². The molecule has 1 saturated heterocycles. The van der Waals surface area contributed by atoms with Crippen LogP contribution in [0.3, 0.4) is 0 Å². The van der Waals surface area contributed by atoms with Crippen LogP contribution in [-0.4, -0.2) is 36.0 Å². The second-order valence-corrected chi connectivity index (χ2v) is 6.92. The maximum absolute atomic E-state index is 14.5. The topological polar surface area (TPSA) is 61.4 Å². The Kier molecular flexibility index (Phi) is 5.13. The average molecular weight is 372 g/mol. The van der Waals surface area contributed by atoms with Gasteiger partial charge in [0.25, 0.3) is 0 Å². The van der Waals surface area contributed by atoms with Crippen LogP contribution in [0, 0.1) is 17.6 Å². The van der Waals surface area contributed by atoms with Crippen molar-refractivity contribution in [2.24, 2.45) is 5.92 Å². The molecule has 1 unspecified atom stereocenters. The molecule has 0 spiro atoms. The molecular weight excluding hydrogens is 352 g/mol.